The Morgan fingerprint density at radius 3 is 1.33 bits per heavy atom. The predicted octanol–water partition coefficient (Wildman–Crippen LogP) is 6.33. The molecule has 0 saturated carbocycles. The van der Waals surface area contributed by atoms with E-state index in [1.165, 1.54) is 87.5 Å². The molecule has 6 rings (SSSR count). The molecule has 0 aliphatic carbocycles. The molecule has 0 radical (unpaired) electrons. The van der Waals surface area contributed by atoms with Crippen molar-refractivity contribution in [1.82, 2.24) is 20.6 Å². The summed E-state index contributed by atoms with van der Waals surface area (Å²) in [5, 5.41) is 7.24. The summed E-state index contributed by atoms with van der Waals surface area (Å²) >= 11 is 1.89. The molecule has 5 heteroatoms. The van der Waals surface area contributed by atoms with E-state index in [9.17, 15) is 0 Å². The molecule has 0 saturated heterocycles. The molecule has 0 unspecified atom stereocenters. The number of nitrogens with one attached hydrogen (secondary N) is 4. The summed E-state index contributed by atoms with van der Waals surface area (Å²) in [6, 6.07) is 22.9. The minimum absolute atomic E-state index is 0.832. The SMILES string of the molecule is Cc1cc(C)c(C2=c3cc/c(s3)=C(/c3c(C)cc(C)cc3C)c3ccc([nH]3)CNCCCNCc3ccc2[nH]3)c(C)c1. The van der Waals surface area contributed by atoms with Gasteiger partial charge in [0.2, 0.25) is 0 Å². The lowest BCUT2D eigenvalue weighted by Gasteiger charge is -2.15. The molecule has 216 valence electrons. The van der Waals surface area contributed by atoms with Crippen molar-refractivity contribution in [3.8, 4) is 0 Å². The molecule has 5 aromatic rings. The Morgan fingerprint density at radius 2 is 0.929 bits per heavy atom. The Morgan fingerprint density at radius 1 is 0.524 bits per heavy atom. The van der Waals surface area contributed by atoms with Gasteiger partial charge in [0.1, 0.15) is 0 Å². The van der Waals surface area contributed by atoms with Gasteiger partial charge in [-0.1, -0.05) is 35.4 Å². The number of H-pyrrole nitrogens is 2. The Kier molecular flexibility index (Phi) is 8.09. The highest BCUT2D eigenvalue weighted by Gasteiger charge is 2.18. The number of aryl methyl sites for hydroxylation is 6. The second-order valence-corrected chi connectivity index (χ2v) is 13.0. The van der Waals surface area contributed by atoms with Gasteiger partial charge in [-0.2, -0.15) is 0 Å². The first-order chi connectivity index (χ1) is 20.3. The number of rotatable bonds is 2. The van der Waals surface area contributed by atoms with E-state index in [1.807, 2.05) is 11.3 Å². The zero-order chi connectivity index (χ0) is 29.4. The van der Waals surface area contributed by atoms with Crippen molar-refractivity contribution < 1.29 is 0 Å². The fourth-order valence-electron chi connectivity index (χ4n) is 6.70. The van der Waals surface area contributed by atoms with Crippen LogP contribution in [0.4, 0.5) is 0 Å². The van der Waals surface area contributed by atoms with Gasteiger partial charge in [0.05, 0.1) is 0 Å². The molecule has 0 amide bonds. The normalized spacial score (nSPS) is 15.9. The van der Waals surface area contributed by atoms with Gasteiger partial charge >= 0.3 is 0 Å². The van der Waals surface area contributed by atoms with Crippen molar-refractivity contribution in [3.05, 3.63) is 137 Å². The van der Waals surface area contributed by atoms with Gasteiger partial charge < -0.3 is 20.6 Å². The van der Waals surface area contributed by atoms with Gasteiger partial charge in [0.15, 0.2) is 0 Å². The topological polar surface area (TPSA) is 55.6 Å². The lowest BCUT2D eigenvalue weighted by Crippen LogP contribution is -2.22. The van der Waals surface area contributed by atoms with Crippen LogP contribution in [0.2, 0.25) is 0 Å². The summed E-state index contributed by atoms with van der Waals surface area (Å²) in [6.07, 6.45) is 1.08. The summed E-state index contributed by atoms with van der Waals surface area (Å²) in [6.45, 7) is 17.0. The van der Waals surface area contributed by atoms with Crippen molar-refractivity contribution in [2.45, 2.75) is 61.1 Å². The first kappa shape index (κ1) is 28.5. The van der Waals surface area contributed by atoms with Crippen LogP contribution in [0.3, 0.4) is 0 Å². The third kappa shape index (κ3) is 5.69. The number of aromatic nitrogens is 2. The molecular weight excluding hydrogens is 533 g/mol. The van der Waals surface area contributed by atoms with Gasteiger partial charge in [0, 0.05) is 56.1 Å². The van der Waals surface area contributed by atoms with Crippen LogP contribution in [0, 0.1) is 41.5 Å². The first-order valence-electron chi connectivity index (χ1n) is 15.1. The molecule has 0 spiro atoms. The highest BCUT2D eigenvalue weighted by molar-refractivity contribution is 7.08. The number of aromatic amines is 2. The molecule has 0 atom stereocenters. The molecule has 6 bridgehead atoms. The largest absolute Gasteiger partial charge is 0.357 e. The molecule has 42 heavy (non-hydrogen) atoms. The predicted molar refractivity (Wildman–Crippen MR) is 178 cm³/mol. The summed E-state index contributed by atoms with van der Waals surface area (Å²) < 4.78 is 2.55. The van der Waals surface area contributed by atoms with E-state index in [-0.39, 0.29) is 0 Å². The van der Waals surface area contributed by atoms with Crippen LogP contribution in [0.25, 0.3) is 11.1 Å². The van der Waals surface area contributed by atoms with Gasteiger partial charge in [-0.3, -0.25) is 0 Å². The molecular formula is C37H42N4S. The third-order valence-electron chi connectivity index (χ3n) is 8.32. The van der Waals surface area contributed by atoms with E-state index in [2.05, 4.69) is 123 Å². The molecule has 4 nitrogen and oxygen atoms in total. The molecule has 0 fully saturated rings. The maximum Gasteiger partial charge on any atom is 0.0477 e. The summed E-state index contributed by atoms with van der Waals surface area (Å²) in [4.78, 5) is 7.56. The van der Waals surface area contributed by atoms with Crippen molar-refractivity contribution in [2.24, 2.45) is 0 Å². The van der Waals surface area contributed by atoms with Gasteiger partial charge in [-0.05, 0) is 131 Å². The number of thiophene rings is 1. The average molecular weight is 575 g/mol. The highest BCUT2D eigenvalue weighted by atomic mass is 32.1. The van der Waals surface area contributed by atoms with E-state index >= 15 is 0 Å². The number of fused-ring (bicyclic) bond motifs is 6. The smallest absolute Gasteiger partial charge is 0.0477 e. The van der Waals surface area contributed by atoms with Crippen molar-refractivity contribution >= 4 is 22.5 Å². The van der Waals surface area contributed by atoms with Crippen LogP contribution in [0.15, 0.2) is 60.7 Å². The Labute approximate surface area is 253 Å². The molecule has 4 heterocycles. The molecule has 1 aliphatic rings. The van der Waals surface area contributed by atoms with E-state index in [4.69, 9.17) is 0 Å². The molecule has 1 aliphatic heterocycles. The van der Waals surface area contributed by atoms with Crippen LogP contribution in [-0.4, -0.2) is 23.1 Å². The maximum absolute atomic E-state index is 3.78. The van der Waals surface area contributed by atoms with Gasteiger partial charge in [-0.15, -0.1) is 11.3 Å². The van der Waals surface area contributed by atoms with Crippen molar-refractivity contribution in [2.75, 3.05) is 13.1 Å². The van der Waals surface area contributed by atoms with E-state index in [0.717, 1.165) is 32.6 Å². The van der Waals surface area contributed by atoms with Gasteiger partial charge in [0.25, 0.3) is 0 Å². The summed E-state index contributed by atoms with van der Waals surface area (Å²) in [7, 11) is 0. The number of hydrogen-bond acceptors (Lipinski definition) is 3. The third-order valence-corrected chi connectivity index (χ3v) is 9.44. The zero-order valence-corrected chi connectivity index (χ0v) is 26.5. The van der Waals surface area contributed by atoms with Crippen molar-refractivity contribution in [1.29, 1.82) is 0 Å². The van der Waals surface area contributed by atoms with Crippen LogP contribution in [0.1, 0.15) is 73.7 Å². The molecule has 3 aromatic heterocycles. The maximum atomic E-state index is 3.78. The zero-order valence-electron chi connectivity index (χ0n) is 25.7. The van der Waals surface area contributed by atoms with E-state index in [0.29, 0.717) is 0 Å². The Hall–Kier alpha value is -3.64. The summed E-state index contributed by atoms with van der Waals surface area (Å²) in [5.41, 5.74) is 17.8. The molecule has 4 N–H and O–H groups in total. The fourth-order valence-corrected chi connectivity index (χ4v) is 7.84. The van der Waals surface area contributed by atoms with E-state index in [1.54, 1.807) is 0 Å². The van der Waals surface area contributed by atoms with Crippen LogP contribution < -0.4 is 19.7 Å². The van der Waals surface area contributed by atoms with E-state index < -0.39 is 0 Å². The highest BCUT2D eigenvalue weighted by Crippen LogP contribution is 2.30. The first-order valence-corrected chi connectivity index (χ1v) is 15.9. The second kappa shape index (κ2) is 11.9. The van der Waals surface area contributed by atoms with Crippen molar-refractivity contribution in [3.63, 3.8) is 0 Å². The summed E-state index contributed by atoms with van der Waals surface area (Å²) in [5.74, 6) is 0. The van der Waals surface area contributed by atoms with Crippen LogP contribution in [0.5, 0.6) is 0 Å². The standard InChI is InChI=1S/C37H42N4S/c1-22-16-24(3)34(25(4)17-22)36-30-10-8-28(40-30)20-38-14-7-15-39-21-29-9-11-31(41-29)37(33-13-12-32(36)42-33)35-26(5)18-23(2)19-27(35)6/h8-13,16-19,38-41H,7,14-15,20-21H2,1-6H3/b36-32-,37-33?. The fraction of sp³-hybridized carbons (Fsp3) is 0.297. The monoisotopic (exact) mass is 574 g/mol. The minimum Gasteiger partial charge on any atom is -0.357 e. The quantitative estimate of drug-likeness (QED) is 0.199. The second-order valence-electron chi connectivity index (χ2n) is 12.0. The van der Waals surface area contributed by atoms with Gasteiger partial charge in [-0.25, -0.2) is 0 Å². The number of hydrogen-bond donors (Lipinski definition) is 4. The van der Waals surface area contributed by atoms with Crippen LogP contribution >= 0.6 is 11.3 Å². The Bertz CT molecular complexity index is 1700. The lowest BCUT2D eigenvalue weighted by atomic mass is 9.92. The number of benzene rings is 2. The van der Waals surface area contributed by atoms with Crippen LogP contribution in [-0.2, 0) is 13.1 Å². The minimum atomic E-state index is 0.832. The molecule has 2 aromatic carbocycles. The lowest BCUT2D eigenvalue weighted by molar-refractivity contribution is 0.589. The Balaban J connectivity index is 1.69. The average Bonchev–Trinajstić information content (AvgIpc) is 3.69.